The topological polar surface area (TPSA) is 72.6 Å². The van der Waals surface area contributed by atoms with Crippen molar-refractivity contribution in [2.24, 2.45) is 11.1 Å². The lowest BCUT2D eigenvalue weighted by Crippen LogP contribution is -2.52. The van der Waals surface area contributed by atoms with Gasteiger partial charge >= 0.3 is 5.97 Å². The minimum Gasteiger partial charge on any atom is -0.469 e. The largest absolute Gasteiger partial charge is 0.469 e. The van der Waals surface area contributed by atoms with Gasteiger partial charge in [0.1, 0.15) is 0 Å². The highest BCUT2D eigenvalue weighted by molar-refractivity contribution is 7.80. The van der Waals surface area contributed by atoms with Crippen LogP contribution < -0.4 is 5.73 Å². The van der Waals surface area contributed by atoms with E-state index in [4.69, 9.17) is 33.7 Å². The number of esters is 1. The average Bonchev–Trinajstić information content (AvgIpc) is 2.63. The predicted octanol–water partition coefficient (Wildman–Crippen LogP) is 2.57. The standard InChI is InChI=1S/C17H22Cl2N2O3S/c1-24-16(23)17(9-11-12(18)3-2-4-13(11)19)5-7-21(8-6-17)15(22)14(20)10-25/h2-4,14,25H,5-10,20H2,1H3/t14-/m0/s1. The van der Waals surface area contributed by atoms with Gasteiger partial charge in [0.25, 0.3) is 0 Å². The van der Waals surface area contributed by atoms with Gasteiger partial charge in [0, 0.05) is 28.9 Å². The highest BCUT2D eigenvalue weighted by atomic mass is 35.5. The van der Waals surface area contributed by atoms with Crippen LogP contribution in [0.1, 0.15) is 18.4 Å². The van der Waals surface area contributed by atoms with E-state index in [2.05, 4.69) is 12.6 Å². The van der Waals surface area contributed by atoms with Crippen LogP contribution in [0.4, 0.5) is 0 Å². The van der Waals surface area contributed by atoms with E-state index in [9.17, 15) is 9.59 Å². The quantitative estimate of drug-likeness (QED) is 0.584. The van der Waals surface area contributed by atoms with Gasteiger partial charge in [0.2, 0.25) is 5.91 Å². The van der Waals surface area contributed by atoms with E-state index in [-0.39, 0.29) is 17.6 Å². The van der Waals surface area contributed by atoms with E-state index < -0.39 is 11.5 Å². The van der Waals surface area contributed by atoms with Gasteiger partial charge in [-0.1, -0.05) is 29.3 Å². The van der Waals surface area contributed by atoms with E-state index in [0.717, 1.165) is 5.56 Å². The third kappa shape index (κ3) is 4.42. The molecule has 1 aliphatic rings. The fourth-order valence-electron chi connectivity index (χ4n) is 3.18. The maximum Gasteiger partial charge on any atom is 0.312 e. The first kappa shape index (κ1) is 20.4. The SMILES string of the molecule is COC(=O)C1(Cc2c(Cl)cccc2Cl)CCN(C(=O)[C@@H](N)CS)CC1. The zero-order valence-electron chi connectivity index (χ0n) is 14.0. The summed E-state index contributed by atoms with van der Waals surface area (Å²) in [4.78, 5) is 26.5. The van der Waals surface area contributed by atoms with Gasteiger partial charge in [-0.25, -0.2) is 0 Å². The summed E-state index contributed by atoms with van der Waals surface area (Å²) in [6.07, 6.45) is 1.30. The van der Waals surface area contributed by atoms with Crippen molar-refractivity contribution in [1.82, 2.24) is 4.90 Å². The van der Waals surface area contributed by atoms with Crippen molar-refractivity contribution < 1.29 is 14.3 Å². The molecule has 0 bridgehead atoms. The van der Waals surface area contributed by atoms with Gasteiger partial charge in [-0.05, 0) is 37.0 Å². The molecule has 2 rings (SSSR count). The molecular formula is C17H22Cl2N2O3S. The minimum atomic E-state index is -0.759. The Labute approximate surface area is 163 Å². The summed E-state index contributed by atoms with van der Waals surface area (Å²) < 4.78 is 5.04. The second kappa shape index (κ2) is 8.62. The number of ether oxygens (including phenoxy) is 1. The number of piperidine rings is 1. The Hall–Kier alpha value is -0.950. The summed E-state index contributed by atoms with van der Waals surface area (Å²) in [5.74, 6) is -0.175. The van der Waals surface area contributed by atoms with Crippen molar-refractivity contribution in [3.8, 4) is 0 Å². The molecule has 1 saturated heterocycles. The monoisotopic (exact) mass is 404 g/mol. The van der Waals surface area contributed by atoms with Crippen LogP contribution in [0.2, 0.25) is 10.0 Å². The van der Waals surface area contributed by atoms with Crippen LogP contribution in [0, 0.1) is 5.41 Å². The van der Waals surface area contributed by atoms with Crippen molar-refractivity contribution in [1.29, 1.82) is 0 Å². The molecule has 1 amide bonds. The molecule has 1 aliphatic heterocycles. The summed E-state index contributed by atoms with van der Waals surface area (Å²) in [6.45, 7) is 0.856. The molecular weight excluding hydrogens is 383 g/mol. The summed E-state index contributed by atoms with van der Waals surface area (Å²) >= 11 is 16.6. The van der Waals surface area contributed by atoms with E-state index in [0.29, 0.717) is 42.4 Å². The van der Waals surface area contributed by atoms with Crippen LogP contribution in [0.25, 0.3) is 0 Å². The normalized spacial score (nSPS) is 17.9. The van der Waals surface area contributed by atoms with Gasteiger partial charge < -0.3 is 15.4 Å². The number of rotatable bonds is 5. The van der Waals surface area contributed by atoms with E-state index >= 15 is 0 Å². The van der Waals surface area contributed by atoms with Crippen LogP contribution in [-0.4, -0.2) is 48.8 Å². The fraction of sp³-hybridized carbons (Fsp3) is 0.529. The maximum absolute atomic E-state index is 12.5. The Kier molecular flexibility index (Phi) is 7.02. The van der Waals surface area contributed by atoms with E-state index in [1.165, 1.54) is 7.11 Å². The molecule has 0 aliphatic carbocycles. The summed E-state index contributed by atoms with van der Waals surface area (Å²) in [5.41, 5.74) is 5.74. The minimum absolute atomic E-state index is 0.149. The Bertz CT molecular complexity index is 629. The molecule has 1 atom stereocenters. The van der Waals surface area contributed by atoms with Crippen LogP contribution in [0.3, 0.4) is 0 Å². The number of nitrogens with two attached hydrogens (primary N) is 1. The molecule has 5 nitrogen and oxygen atoms in total. The number of nitrogens with zero attached hydrogens (tertiary/aromatic N) is 1. The number of halogens is 2. The fourth-order valence-corrected chi connectivity index (χ4v) is 3.86. The molecule has 2 N–H and O–H groups in total. The molecule has 8 heteroatoms. The zero-order valence-corrected chi connectivity index (χ0v) is 16.4. The first-order valence-corrected chi connectivity index (χ1v) is 9.40. The molecule has 0 saturated carbocycles. The number of hydrogen-bond donors (Lipinski definition) is 2. The van der Waals surface area contributed by atoms with Crippen LogP contribution >= 0.6 is 35.8 Å². The Morgan fingerprint density at radius 3 is 2.36 bits per heavy atom. The third-order valence-corrected chi connectivity index (χ3v) is 5.84. The number of carbonyl (C=O) groups is 2. The number of thiol groups is 1. The van der Waals surface area contributed by atoms with Crippen molar-refractivity contribution >= 4 is 47.7 Å². The first-order chi connectivity index (χ1) is 11.8. The number of benzene rings is 1. The molecule has 0 aromatic heterocycles. The zero-order chi connectivity index (χ0) is 18.6. The van der Waals surface area contributed by atoms with Crippen molar-refractivity contribution in [2.45, 2.75) is 25.3 Å². The predicted molar refractivity (Wildman–Crippen MR) is 102 cm³/mol. The number of likely N-dealkylation sites (tertiary alicyclic amines) is 1. The molecule has 1 heterocycles. The lowest BCUT2D eigenvalue weighted by Gasteiger charge is -2.40. The Morgan fingerprint density at radius 2 is 1.88 bits per heavy atom. The highest BCUT2D eigenvalue weighted by Gasteiger charge is 2.44. The van der Waals surface area contributed by atoms with Crippen molar-refractivity contribution in [3.63, 3.8) is 0 Å². The summed E-state index contributed by atoms with van der Waals surface area (Å²) in [5, 5.41) is 1.04. The summed E-state index contributed by atoms with van der Waals surface area (Å²) in [7, 11) is 1.37. The second-order valence-electron chi connectivity index (χ2n) is 6.26. The van der Waals surface area contributed by atoms with Gasteiger partial charge in [-0.3, -0.25) is 9.59 Å². The van der Waals surface area contributed by atoms with Crippen molar-refractivity contribution in [3.05, 3.63) is 33.8 Å². The van der Waals surface area contributed by atoms with E-state index in [1.54, 1.807) is 23.1 Å². The highest BCUT2D eigenvalue weighted by Crippen LogP contribution is 2.40. The van der Waals surface area contributed by atoms with Gasteiger partial charge in [0.05, 0.1) is 18.6 Å². The molecule has 0 unspecified atom stereocenters. The first-order valence-electron chi connectivity index (χ1n) is 8.01. The van der Waals surface area contributed by atoms with Crippen molar-refractivity contribution in [2.75, 3.05) is 26.0 Å². The van der Waals surface area contributed by atoms with Crippen LogP contribution in [0.5, 0.6) is 0 Å². The average molecular weight is 405 g/mol. The van der Waals surface area contributed by atoms with Gasteiger partial charge in [-0.2, -0.15) is 12.6 Å². The lowest BCUT2D eigenvalue weighted by molar-refractivity contribution is -0.157. The molecule has 0 spiro atoms. The smallest absolute Gasteiger partial charge is 0.312 e. The lowest BCUT2D eigenvalue weighted by atomic mass is 9.73. The molecule has 25 heavy (non-hydrogen) atoms. The summed E-state index contributed by atoms with van der Waals surface area (Å²) in [6, 6.07) is 4.63. The number of hydrogen-bond acceptors (Lipinski definition) is 5. The number of methoxy groups -OCH3 is 1. The van der Waals surface area contributed by atoms with Crippen LogP contribution in [-0.2, 0) is 20.7 Å². The molecule has 138 valence electrons. The molecule has 0 radical (unpaired) electrons. The van der Waals surface area contributed by atoms with Crippen LogP contribution in [0.15, 0.2) is 18.2 Å². The Morgan fingerprint density at radius 1 is 1.32 bits per heavy atom. The number of carbonyl (C=O) groups excluding carboxylic acids is 2. The maximum atomic E-state index is 12.5. The number of amides is 1. The molecule has 1 aromatic rings. The van der Waals surface area contributed by atoms with Gasteiger partial charge in [-0.15, -0.1) is 0 Å². The second-order valence-corrected chi connectivity index (χ2v) is 7.44. The Balaban J connectivity index is 2.22. The van der Waals surface area contributed by atoms with Gasteiger partial charge in [0.15, 0.2) is 0 Å². The molecule has 1 aromatic carbocycles. The molecule has 1 fully saturated rings. The van der Waals surface area contributed by atoms with E-state index in [1.807, 2.05) is 0 Å². The third-order valence-electron chi connectivity index (χ3n) is 4.74.